The van der Waals surface area contributed by atoms with E-state index in [9.17, 15) is 0 Å². The second kappa shape index (κ2) is 6.08. The molecule has 6 nitrogen and oxygen atoms in total. The number of aromatic nitrogens is 1. The van der Waals surface area contributed by atoms with Gasteiger partial charge >= 0.3 is 0 Å². The van der Waals surface area contributed by atoms with Crippen LogP contribution >= 0.6 is 0 Å². The fourth-order valence-electron chi connectivity index (χ4n) is 2.50. The molecule has 0 atom stereocenters. The van der Waals surface area contributed by atoms with Crippen molar-refractivity contribution < 1.29 is 14.2 Å². The van der Waals surface area contributed by atoms with Gasteiger partial charge in [-0.25, -0.2) is 0 Å². The second-order valence-electron chi connectivity index (χ2n) is 5.22. The normalized spacial score (nSPS) is 12.7. The van der Waals surface area contributed by atoms with Crippen molar-refractivity contribution in [2.45, 2.75) is 0 Å². The Kier molecular flexibility index (Phi) is 3.63. The highest BCUT2D eigenvalue weighted by Crippen LogP contribution is 2.37. The van der Waals surface area contributed by atoms with Gasteiger partial charge in [-0.05, 0) is 42.0 Å². The molecule has 1 N–H and O–H groups in total. The molecule has 6 heteroatoms. The van der Waals surface area contributed by atoms with Crippen molar-refractivity contribution in [3.05, 3.63) is 54.2 Å². The van der Waals surface area contributed by atoms with Crippen LogP contribution in [0.4, 0.5) is 5.69 Å². The number of ether oxygens (including phenoxy) is 3. The molecule has 0 spiro atoms. The number of fused-ring (bicyclic) bond motifs is 2. The summed E-state index contributed by atoms with van der Waals surface area (Å²) in [6.07, 6.45) is 3.48. The molecule has 120 valence electrons. The maximum atomic E-state index is 5.43. The molecule has 1 aliphatic rings. The third kappa shape index (κ3) is 2.69. The molecule has 0 radical (unpaired) electrons. The minimum Gasteiger partial charge on any atom is -0.497 e. The van der Waals surface area contributed by atoms with Crippen LogP contribution in [0.25, 0.3) is 10.9 Å². The van der Waals surface area contributed by atoms with E-state index in [1.807, 2.05) is 42.5 Å². The molecule has 2 aromatic carbocycles. The Hall–Kier alpha value is -3.28. The maximum absolute atomic E-state index is 5.43. The third-order valence-corrected chi connectivity index (χ3v) is 3.75. The van der Waals surface area contributed by atoms with Crippen LogP contribution in [0.3, 0.4) is 0 Å². The molecule has 4 rings (SSSR count). The fraction of sp³-hybridized carbons (Fsp3) is 0.111. The zero-order chi connectivity index (χ0) is 16.4. The molecule has 1 aliphatic heterocycles. The van der Waals surface area contributed by atoms with Gasteiger partial charge in [0.25, 0.3) is 0 Å². The average molecular weight is 321 g/mol. The summed E-state index contributed by atoms with van der Waals surface area (Å²) in [5.74, 6) is 2.25. The maximum Gasteiger partial charge on any atom is 0.231 e. The van der Waals surface area contributed by atoms with E-state index in [4.69, 9.17) is 14.2 Å². The van der Waals surface area contributed by atoms with Crippen molar-refractivity contribution in [2.75, 3.05) is 19.3 Å². The lowest BCUT2D eigenvalue weighted by Crippen LogP contribution is -1.93. The van der Waals surface area contributed by atoms with Crippen LogP contribution in [-0.2, 0) is 0 Å². The van der Waals surface area contributed by atoms with Crippen LogP contribution in [-0.4, -0.2) is 25.1 Å². The summed E-state index contributed by atoms with van der Waals surface area (Å²) in [6.45, 7) is 0.240. The van der Waals surface area contributed by atoms with Crippen LogP contribution in [0.5, 0.6) is 17.2 Å². The van der Waals surface area contributed by atoms with Crippen LogP contribution in [0, 0.1) is 0 Å². The Bertz CT molecular complexity index is 907. The summed E-state index contributed by atoms with van der Waals surface area (Å²) in [5, 5.41) is 5.22. The van der Waals surface area contributed by atoms with Crippen LogP contribution in [0.1, 0.15) is 5.56 Å². The van der Waals surface area contributed by atoms with E-state index in [0.29, 0.717) is 5.75 Å². The molecule has 24 heavy (non-hydrogen) atoms. The average Bonchev–Trinajstić information content (AvgIpc) is 3.08. The zero-order valence-corrected chi connectivity index (χ0v) is 13.0. The largest absolute Gasteiger partial charge is 0.497 e. The summed E-state index contributed by atoms with van der Waals surface area (Å²) < 4.78 is 15.9. The molecule has 0 unspecified atom stereocenters. The lowest BCUT2D eigenvalue weighted by molar-refractivity contribution is 0.174. The molecule has 2 heterocycles. The highest BCUT2D eigenvalue weighted by atomic mass is 16.7. The molecule has 1 aromatic heterocycles. The topological polar surface area (TPSA) is 65.0 Å². The fourth-order valence-corrected chi connectivity index (χ4v) is 2.50. The van der Waals surface area contributed by atoms with Gasteiger partial charge in [-0.1, -0.05) is 0 Å². The van der Waals surface area contributed by atoms with Crippen LogP contribution < -0.4 is 19.6 Å². The first-order chi connectivity index (χ1) is 11.8. The van der Waals surface area contributed by atoms with Gasteiger partial charge in [-0.2, -0.15) is 5.10 Å². The molecule has 0 saturated carbocycles. The van der Waals surface area contributed by atoms with E-state index in [1.54, 1.807) is 19.5 Å². The Morgan fingerprint density at radius 3 is 2.71 bits per heavy atom. The lowest BCUT2D eigenvalue weighted by atomic mass is 10.1. The first-order valence-corrected chi connectivity index (χ1v) is 7.45. The molecule has 0 bridgehead atoms. The van der Waals surface area contributed by atoms with Gasteiger partial charge in [0.1, 0.15) is 5.75 Å². The molecular weight excluding hydrogens is 306 g/mol. The van der Waals surface area contributed by atoms with Crippen molar-refractivity contribution in [3.8, 4) is 17.2 Å². The molecule has 3 aromatic rings. The van der Waals surface area contributed by atoms with Crippen molar-refractivity contribution in [3.63, 3.8) is 0 Å². The first-order valence-electron chi connectivity index (χ1n) is 7.45. The van der Waals surface area contributed by atoms with Crippen LogP contribution in [0.2, 0.25) is 0 Å². The Morgan fingerprint density at radius 2 is 1.92 bits per heavy atom. The standard InChI is InChI=1S/C18H15N3O3/c1-22-13-4-2-12(3-5-13)10-20-21-15-6-7-19-16-9-18-17(8-14(15)16)23-11-24-18/h2-10H,11H2,1H3,(H,19,21)/b20-10+. The minimum absolute atomic E-state index is 0.240. The number of hydrazone groups is 1. The lowest BCUT2D eigenvalue weighted by Gasteiger charge is -2.06. The second-order valence-corrected chi connectivity index (χ2v) is 5.22. The number of hydrogen-bond acceptors (Lipinski definition) is 6. The van der Waals surface area contributed by atoms with Gasteiger partial charge in [0.05, 0.1) is 24.5 Å². The van der Waals surface area contributed by atoms with E-state index >= 15 is 0 Å². The number of benzene rings is 2. The van der Waals surface area contributed by atoms with Crippen molar-refractivity contribution >= 4 is 22.8 Å². The van der Waals surface area contributed by atoms with Gasteiger partial charge in [-0.15, -0.1) is 0 Å². The summed E-state index contributed by atoms with van der Waals surface area (Å²) in [6, 6.07) is 13.3. The summed E-state index contributed by atoms with van der Waals surface area (Å²) in [5.41, 5.74) is 5.70. The molecular formula is C18H15N3O3. The Morgan fingerprint density at radius 1 is 1.12 bits per heavy atom. The van der Waals surface area contributed by atoms with E-state index in [1.165, 1.54) is 0 Å². The number of pyridine rings is 1. The summed E-state index contributed by atoms with van der Waals surface area (Å²) >= 11 is 0. The SMILES string of the molecule is COc1ccc(/C=N/Nc2ccnc3cc4c(cc23)OCO4)cc1. The highest BCUT2D eigenvalue weighted by molar-refractivity contribution is 5.94. The van der Waals surface area contributed by atoms with Gasteiger partial charge in [0, 0.05) is 17.6 Å². The smallest absolute Gasteiger partial charge is 0.231 e. The van der Waals surface area contributed by atoms with Crippen LogP contribution in [0.15, 0.2) is 53.8 Å². The van der Waals surface area contributed by atoms with E-state index in [2.05, 4.69) is 15.5 Å². The Balaban J connectivity index is 1.58. The zero-order valence-electron chi connectivity index (χ0n) is 13.0. The monoisotopic (exact) mass is 321 g/mol. The third-order valence-electron chi connectivity index (χ3n) is 3.75. The predicted molar refractivity (Wildman–Crippen MR) is 92.1 cm³/mol. The summed E-state index contributed by atoms with van der Waals surface area (Å²) in [4.78, 5) is 4.36. The van der Waals surface area contributed by atoms with Gasteiger partial charge in [0.15, 0.2) is 11.5 Å². The quantitative estimate of drug-likeness (QED) is 0.589. The molecule has 0 aliphatic carbocycles. The number of rotatable bonds is 4. The predicted octanol–water partition coefficient (Wildman–Crippen LogP) is 3.42. The minimum atomic E-state index is 0.240. The summed E-state index contributed by atoms with van der Waals surface area (Å²) in [7, 11) is 1.64. The van der Waals surface area contributed by atoms with Crippen molar-refractivity contribution in [2.24, 2.45) is 5.10 Å². The first kappa shape index (κ1) is 14.3. The van der Waals surface area contributed by atoms with Crippen molar-refractivity contribution in [1.82, 2.24) is 4.98 Å². The van der Waals surface area contributed by atoms with E-state index in [0.717, 1.165) is 33.7 Å². The highest BCUT2D eigenvalue weighted by Gasteiger charge is 2.15. The van der Waals surface area contributed by atoms with Gasteiger partial charge < -0.3 is 14.2 Å². The number of nitrogens with one attached hydrogen (secondary N) is 1. The number of nitrogens with zero attached hydrogens (tertiary/aromatic N) is 2. The van der Waals surface area contributed by atoms with E-state index in [-0.39, 0.29) is 6.79 Å². The number of hydrogen-bond donors (Lipinski definition) is 1. The Labute approximate surface area is 138 Å². The molecule has 0 amide bonds. The van der Waals surface area contributed by atoms with Gasteiger partial charge in [0.2, 0.25) is 6.79 Å². The van der Waals surface area contributed by atoms with Crippen molar-refractivity contribution in [1.29, 1.82) is 0 Å². The molecule has 0 saturated heterocycles. The van der Waals surface area contributed by atoms with E-state index < -0.39 is 0 Å². The number of methoxy groups -OCH3 is 1. The van der Waals surface area contributed by atoms with Gasteiger partial charge in [-0.3, -0.25) is 10.4 Å². The molecule has 0 fully saturated rings. The number of anilines is 1.